The monoisotopic (exact) mass is 303 g/mol. The van der Waals surface area contributed by atoms with Gasteiger partial charge in [-0.15, -0.1) is 0 Å². The predicted molar refractivity (Wildman–Crippen MR) is 87.8 cm³/mol. The molecule has 0 radical (unpaired) electrons. The minimum Gasteiger partial charge on any atom is -0.346 e. The first kappa shape index (κ1) is 16.5. The molecule has 0 saturated carbocycles. The topological polar surface area (TPSA) is 61.4 Å². The van der Waals surface area contributed by atoms with Crippen LogP contribution in [0.3, 0.4) is 0 Å². The van der Waals surface area contributed by atoms with E-state index in [2.05, 4.69) is 22.5 Å². The number of anilines is 1. The van der Waals surface area contributed by atoms with Crippen molar-refractivity contribution >= 4 is 17.5 Å². The highest BCUT2D eigenvalue weighted by atomic mass is 16.2. The van der Waals surface area contributed by atoms with Gasteiger partial charge in [0.05, 0.1) is 0 Å². The first-order valence-corrected chi connectivity index (χ1v) is 7.92. The number of likely N-dealkylation sites (tertiary alicyclic amines) is 1. The van der Waals surface area contributed by atoms with Gasteiger partial charge in [0, 0.05) is 18.3 Å². The summed E-state index contributed by atoms with van der Waals surface area (Å²) in [7, 11) is 0. The number of carbonyl (C=O) groups is 2. The Labute approximate surface area is 132 Å². The average molecular weight is 303 g/mol. The summed E-state index contributed by atoms with van der Waals surface area (Å²) in [6.45, 7) is 8.54. The second kappa shape index (κ2) is 7.40. The Kier molecular flexibility index (Phi) is 5.55. The molecule has 1 saturated heterocycles. The molecule has 0 aliphatic carbocycles. The number of benzene rings is 1. The summed E-state index contributed by atoms with van der Waals surface area (Å²) in [5.41, 5.74) is 2.63. The third kappa shape index (κ3) is 3.85. The van der Waals surface area contributed by atoms with Crippen LogP contribution in [0.2, 0.25) is 0 Å². The summed E-state index contributed by atoms with van der Waals surface area (Å²) in [6, 6.07) is 6.11. The molecule has 0 aromatic heterocycles. The second-order valence-electron chi connectivity index (χ2n) is 5.86. The van der Waals surface area contributed by atoms with Gasteiger partial charge in [0.25, 0.3) is 0 Å². The van der Waals surface area contributed by atoms with Crippen LogP contribution in [0, 0.1) is 13.8 Å². The number of rotatable bonds is 4. The fourth-order valence-electron chi connectivity index (χ4n) is 3.02. The van der Waals surface area contributed by atoms with Crippen molar-refractivity contribution in [2.75, 3.05) is 25.0 Å². The zero-order valence-electron chi connectivity index (χ0n) is 13.6. The van der Waals surface area contributed by atoms with Crippen LogP contribution in [-0.2, 0) is 9.59 Å². The number of hydrogen-bond acceptors (Lipinski definition) is 3. The summed E-state index contributed by atoms with van der Waals surface area (Å²) in [4.78, 5) is 26.4. The Morgan fingerprint density at radius 1 is 1.23 bits per heavy atom. The summed E-state index contributed by atoms with van der Waals surface area (Å²) in [6.07, 6.45) is 2.23. The van der Waals surface area contributed by atoms with E-state index in [1.807, 2.05) is 32.0 Å². The molecule has 2 N–H and O–H groups in total. The van der Waals surface area contributed by atoms with Crippen molar-refractivity contribution in [2.45, 2.75) is 39.7 Å². The van der Waals surface area contributed by atoms with Gasteiger partial charge in [0.1, 0.15) is 0 Å². The molecule has 1 aliphatic rings. The smallest absolute Gasteiger partial charge is 0.313 e. The molecule has 1 fully saturated rings. The molecule has 0 bridgehead atoms. The highest BCUT2D eigenvalue weighted by Crippen LogP contribution is 2.19. The van der Waals surface area contributed by atoms with Gasteiger partial charge in [-0.05, 0) is 50.9 Å². The Morgan fingerprint density at radius 2 is 1.91 bits per heavy atom. The Morgan fingerprint density at radius 3 is 2.55 bits per heavy atom. The van der Waals surface area contributed by atoms with Crippen molar-refractivity contribution < 1.29 is 9.59 Å². The standard InChI is InChI=1S/C17H25N3O2/c1-4-20-10-6-9-14(20)11-18-16(21)17(22)19-15-12(2)7-5-8-13(15)3/h5,7-8,14H,4,6,9-11H2,1-3H3,(H,18,21)(H,19,22)/t14-/m0/s1. The zero-order chi connectivity index (χ0) is 16.1. The van der Waals surface area contributed by atoms with Gasteiger partial charge in [-0.3, -0.25) is 14.5 Å². The van der Waals surface area contributed by atoms with Gasteiger partial charge in [-0.25, -0.2) is 0 Å². The quantitative estimate of drug-likeness (QED) is 0.834. The highest BCUT2D eigenvalue weighted by Gasteiger charge is 2.24. The summed E-state index contributed by atoms with van der Waals surface area (Å²) >= 11 is 0. The Hall–Kier alpha value is -1.88. The van der Waals surface area contributed by atoms with E-state index in [1.165, 1.54) is 0 Å². The number of amides is 2. The Balaban J connectivity index is 1.89. The number of nitrogens with one attached hydrogen (secondary N) is 2. The number of para-hydroxylation sites is 1. The van der Waals surface area contributed by atoms with Gasteiger partial charge in [0.15, 0.2) is 0 Å². The number of nitrogens with zero attached hydrogens (tertiary/aromatic N) is 1. The van der Waals surface area contributed by atoms with Crippen molar-refractivity contribution in [1.82, 2.24) is 10.2 Å². The Bertz CT molecular complexity index is 537. The van der Waals surface area contributed by atoms with Gasteiger partial charge in [0.2, 0.25) is 0 Å². The number of likely N-dealkylation sites (N-methyl/N-ethyl adjacent to an activating group) is 1. The first-order valence-electron chi connectivity index (χ1n) is 7.92. The van der Waals surface area contributed by atoms with E-state index in [0.29, 0.717) is 12.6 Å². The molecule has 1 aromatic rings. The van der Waals surface area contributed by atoms with Crippen LogP contribution < -0.4 is 10.6 Å². The van der Waals surface area contributed by atoms with Gasteiger partial charge in [-0.2, -0.15) is 0 Å². The summed E-state index contributed by atoms with van der Waals surface area (Å²) < 4.78 is 0. The van der Waals surface area contributed by atoms with E-state index in [1.54, 1.807) is 0 Å². The maximum absolute atomic E-state index is 12.0. The fourth-order valence-corrected chi connectivity index (χ4v) is 3.02. The molecular weight excluding hydrogens is 278 g/mol. The van der Waals surface area contributed by atoms with Gasteiger partial charge in [-0.1, -0.05) is 25.1 Å². The van der Waals surface area contributed by atoms with E-state index in [9.17, 15) is 9.59 Å². The number of carbonyl (C=O) groups excluding carboxylic acids is 2. The summed E-state index contributed by atoms with van der Waals surface area (Å²) in [5.74, 6) is -1.16. The molecule has 0 spiro atoms. The maximum Gasteiger partial charge on any atom is 0.313 e. The van der Waals surface area contributed by atoms with E-state index in [4.69, 9.17) is 0 Å². The van der Waals surface area contributed by atoms with Crippen molar-refractivity contribution in [1.29, 1.82) is 0 Å². The lowest BCUT2D eigenvalue weighted by atomic mass is 10.1. The fraction of sp³-hybridized carbons (Fsp3) is 0.529. The maximum atomic E-state index is 12.0. The zero-order valence-corrected chi connectivity index (χ0v) is 13.6. The van der Waals surface area contributed by atoms with Crippen molar-refractivity contribution in [3.05, 3.63) is 29.3 Å². The van der Waals surface area contributed by atoms with Gasteiger partial charge >= 0.3 is 11.8 Å². The number of hydrogen-bond donors (Lipinski definition) is 2. The second-order valence-corrected chi connectivity index (χ2v) is 5.86. The molecule has 0 unspecified atom stereocenters. The third-order valence-corrected chi connectivity index (χ3v) is 4.33. The first-order chi connectivity index (χ1) is 10.5. The van der Waals surface area contributed by atoms with E-state index >= 15 is 0 Å². The predicted octanol–water partition coefficient (Wildman–Crippen LogP) is 1.84. The lowest BCUT2D eigenvalue weighted by Crippen LogP contribution is -2.43. The van der Waals surface area contributed by atoms with Crippen LogP contribution in [0.15, 0.2) is 18.2 Å². The molecule has 1 aromatic carbocycles. The lowest BCUT2D eigenvalue weighted by Gasteiger charge is -2.22. The van der Waals surface area contributed by atoms with Crippen LogP contribution in [0.25, 0.3) is 0 Å². The molecule has 120 valence electrons. The average Bonchev–Trinajstić information content (AvgIpc) is 2.96. The molecule has 1 atom stereocenters. The van der Waals surface area contributed by atoms with Crippen LogP contribution >= 0.6 is 0 Å². The molecule has 5 heteroatoms. The minimum atomic E-state index is -0.599. The highest BCUT2D eigenvalue weighted by molar-refractivity contribution is 6.39. The van der Waals surface area contributed by atoms with Crippen molar-refractivity contribution in [2.24, 2.45) is 0 Å². The normalized spacial score (nSPS) is 18.2. The molecule has 1 aliphatic heterocycles. The van der Waals surface area contributed by atoms with E-state index in [0.717, 1.165) is 42.7 Å². The molecule has 22 heavy (non-hydrogen) atoms. The van der Waals surface area contributed by atoms with Crippen LogP contribution in [-0.4, -0.2) is 42.4 Å². The molecule has 5 nitrogen and oxygen atoms in total. The SMILES string of the molecule is CCN1CCC[C@H]1CNC(=O)C(=O)Nc1c(C)cccc1C. The van der Waals surface area contributed by atoms with E-state index < -0.39 is 11.8 Å². The van der Waals surface area contributed by atoms with Crippen molar-refractivity contribution in [3.63, 3.8) is 0 Å². The van der Waals surface area contributed by atoms with Crippen LogP contribution in [0.1, 0.15) is 30.9 Å². The molecule has 2 amide bonds. The lowest BCUT2D eigenvalue weighted by molar-refractivity contribution is -0.136. The molecular formula is C17H25N3O2. The summed E-state index contributed by atoms with van der Waals surface area (Å²) in [5, 5.41) is 5.47. The van der Waals surface area contributed by atoms with Crippen LogP contribution in [0.4, 0.5) is 5.69 Å². The minimum absolute atomic E-state index is 0.349. The van der Waals surface area contributed by atoms with E-state index in [-0.39, 0.29) is 0 Å². The van der Waals surface area contributed by atoms with Crippen LogP contribution in [0.5, 0.6) is 0 Å². The third-order valence-electron chi connectivity index (χ3n) is 4.33. The largest absolute Gasteiger partial charge is 0.346 e. The van der Waals surface area contributed by atoms with Crippen molar-refractivity contribution in [3.8, 4) is 0 Å². The number of aryl methyl sites for hydroxylation is 2. The molecule has 2 rings (SSSR count). The molecule has 1 heterocycles. The van der Waals surface area contributed by atoms with Gasteiger partial charge < -0.3 is 10.6 Å².